The van der Waals surface area contributed by atoms with Gasteiger partial charge in [-0.3, -0.25) is 9.78 Å². The highest BCUT2D eigenvalue weighted by molar-refractivity contribution is 7.99. The Hall–Kier alpha value is -1.93. The molecule has 2 aromatic heterocycles. The predicted molar refractivity (Wildman–Crippen MR) is 72.8 cm³/mol. The number of aromatic nitrogens is 4. The number of aromatic amines is 1. The summed E-state index contributed by atoms with van der Waals surface area (Å²) in [5, 5.41) is 1.10. The van der Waals surface area contributed by atoms with E-state index in [1.54, 1.807) is 6.20 Å². The van der Waals surface area contributed by atoms with Crippen LogP contribution >= 0.6 is 11.8 Å². The van der Waals surface area contributed by atoms with Crippen LogP contribution < -0.4 is 16.8 Å². The number of H-pyrrole nitrogens is 1. The minimum absolute atomic E-state index is 0.165. The van der Waals surface area contributed by atoms with Crippen molar-refractivity contribution in [3.05, 3.63) is 34.5 Å². The van der Waals surface area contributed by atoms with Gasteiger partial charge in [-0.25, -0.2) is 15.8 Å². The molecule has 0 atom stereocenters. The molecule has 8 heteroatoms. The number of nitrogens with zero attached hydrogens (tertiary/aromatic N) is 3. The van der Waals surface area contributed by atoms with Crippen LogP contribution in [0.5, 0.6) is 0 Å². The maximum absolute atomic E-state index is 11.5. The Balaban J connectivity index is 2.24. The van der Waals surface area contributed by atoms with Crippen molar-refractivity contribution < 1.29 is 0 Å². The molecule has 0 spiro atoms. The molecule has 0 saturated carbocycles. The standard InChI is InChI=1S/C11H14N6OS/c1-2-3-7-4-9(18)16-11(14-7)19-10-6-13-5-8(15-10)17-12/h4-6H,2-3,12H2,1H3,(H,15,17)(H,14,16,18). The van der Waals surface area contributed by atoms with Gasteiger partial charge in [0.15, 0.2) is 11.0 Å². The molecule has 0 fully saturated rings. The van der Waals surface area contributed by atoms with Crippen LogP contribution in [0.3, 0.4) is 0 Å². The smallest absolute Gasteiger partial charge is 0.251 e. The van der Waals surface area contributed by atoms with Gasteiger partial charge in [-0.1, -0.05) is 13.3 Å². The molecule has 0 saturated heterocycles. The number of rotatable bonds is 5. The van der Waals surface area contributed by atoms with Gasteiger partial charge in [-0.15, -0.1) is 0 Å². The van der Waals surface area contributed by atoms with Gasteiger partial charge in [0.1, 0.15) is 5.03 Å². The molecule has 0 aliphatic heterocycles. The molecule has 2 aromatic rings. The van der Waals surface area contributed by atoms with E-state index in [2.05, 4.69) is 25.4 Å². The van der Waals surface area contributed by atoms with Gasteiger partial charge in [-0.2, -0.15) is 0 Å². The number of hydrogen-bond donors (Lipinski definition) is 3. The highest BCUT2D eigenvalue weighted by Crippen LogP contribution is 2.22. The largest absolute Gasteiger partial charge is 0.307 e. The molecule has 0 aliphatic rings. The van der Waals surface area contributed by atoms with E-state index in [1.807, 2.05) is 6.92 Å². The second-order valence-corrected chi connectivity index (χ2v) is 4.79. The van der Waals surface area contributed by atoms with Crippen LogP contribution in [-0.4, -0.2) is 19.9 Å². The third-order valence-electron chi connectivity index (χ3n) is 2.24. The first-order chi connectivity index (χ1) is 9.21. The lowest BCUT2D eigenvalue weighted by Gasteiger charge is -2.04. The van der Waals surface area contributed by atoms with Crippen LogP contribution in [-0.2, 0) is 6.42 Å². The van der Waals surface area contributed by atoms with Gasteiger partial charge >= 0.3 is 0 Å². The maximum atomic E-state index is 11.5. The van der Waals surface area contributed by atoms with E-state index in [0.29, 0.717) is 16.0 Å². The average Bonchev–Trinajstić information content (AvgIpc) is 2.38. The SMILES string of the molecule is CCCc1cc(=O)[nH]c(Sc2cncc(NN)n2)n1. The van der Waals surface area contributed by atoms with Gasteiger partial charge in [0, 0.05) is 11.8 Å². The Morgan fingerprint density at radius 2 is 2.26 bits per heavy atom. The number of anilines is 1. The van der Waals surface area contributed by atoms with Gasteiger partial charge < -0.3 is 10.4 Å². The topological polar surface area (TPSA) is 110 Å². The lowest BCUT2D eigenvalue weighted by molar-refractivity contribution is 0.814. The van der Waals surface area contributed by atoms with Crippen LogP contribution in [0, 0.1) is 0 Å². The zero-order valence-electron chi connectivity index (χ0n) is 10.4. The number of hydrogen-bond acceptors (Lipinski definition) is 7. The first-order valence-electron chi connectivity index (χ1n) is 5.78. The Kier molecular flexibility index (Phi) is 4.48. The van der Waals surface area contributed by atoms with Gasteiger partial charge in [-0.05, 0) is 18.2 Å². The number of hydrazine groups is 1. The van der Waals surface area contributed by atoms with Crippen molar-refractivity contribution in [3.63, 3.8) is 0 Å². The van der Waals surface area contributed by atoms with Gasteiger partial charge in [0.2, 0.25) is 0 Å². The summed E-state index contributed by atoms with van der Waals surface area (Å²) in [5.74, 6) is 5.72. The fourth-order valence-electron chi connectivity index (χ4n) is 1.48. The van der Waals surface area contributed by atoms with Gasteiger partial charge in [0.05, 0.1) is 12.4 Å². The Morgan fingerprint density at radius 1 is 1.42 bits per heavy atom. The fourth-order valence-corrected chi connectivity index (χ4v) is 2.25. The number of nitrogens with one attached hydrogen (secondary N) is 2. The van der Waals surface area contributed by atoms with E-state index in [4.69, 9.17) is 5.84 Å². The first-order valence-corrected chi connectivity index (χ1v) is 6.59. The van der Waals surface area contributed by atoms with Crippen LogP contribution in [0.15, 0.2) is 33.4 Å². The maximum Gasteiger partial charge on any atom is 0.251 e. The summed E-state index contributed by atoms with van der Waals surface area (Å²) in [6, 6.07) is 1.51. The molecular formula is C11H14N6OS. The van der Waals surface area contributed by atoms with Crippen LogP contribution in [0.2, 0.25) is 0 Å². The molecule has 2 heterocycles. The third-order valence-corrected chi connectivity index (χ3v) is 3.03. The summed E-state index contributed by atoms with van der Waals surface area (Å²) in [6.45, 7) is 2.04. The third kappa shape index (κ3) is 3.76. The number of aryl methyl sites for hydroxylation is 1. The lowest BCUT2D eigenvalue weighted by atomic mass is 10.2. The van der Waals surface area contributed by atoms with Crippen molar-refractivity contribution in [2.45, 2.75) is 29.9 Å². The molecule has 0 amide bonds. The van der Waals surface area contributed by atoms with Crippen molar-refractivity contribution >= 4 is 17.6 Å². The van der Waals surface area contributed by atoms with E-state index < -0.39 is 0 Å². The van der Waals surface area contributed by atoms with Gasteiger partial charge in [0.25, 0.3) is 5.56 Å². The highest BCUT2D eigenvalue weighted by atomic mass is 32.2. The van der Waals surface area contributed by atoms with Crippen molar-refractivity contribution in [3.8, 4) is 0 Å². The Bertz CT molecular complexity index is 614. The summed E-state index contributed by atoms with van der Waals surface area (Å²) in [5.41, 5.74) is 3.03. The fraction of sp³-hybridized carbons (Fsp3) is 0.273. The average molecular weight is 278 g/mol. The van der Waals surface area contributed by atoms with Crippen LogP contribution in [0.1, 0.15) is 19.0 Å². The van der Waals surface area contributed by atoms with Crippen molar-refractivity contribution in [2.24, 2.45) is 5.84 Å². The second-order valence-electron chi connectivity index (χ2n) is 3.78. The van der Waals surface area contributed by atoms with E-state index in [0.717, 1.165) is 18.5 Å². The van der Waals surface area contributed by atoms with Crippen molar-refractivity contribution in [2.75, 3.05) is 5.43 Å². The molecule has 0 aromatic carbocycles. The lowest BCUT2D eigenvalue weighted by Crippen LogP contribution is -2.11. The minimum Gasteiger partial charge on any atom is -0.307 e. The Labute approximate surface area is 114 Å². The van der Waals surface area contributed by atoms with Crippen molar-refractivity contribution in [1.82, 2.24) is 19.9 Å². The summed E-state index contributed by atoms with van der Waals surface area (Å²) in [7, 11) is 0. The second kappa shape index (κ2) is 6.30. The summed E-state index contributed by atoms with van der Waals surface area (Å²) < 4.78 is 0. The molecule has 19 heavy (non-hydrogen) atoms. The molecule has 0 unspecified atom stereocenters. The first kappa shape index (κ1) is 13.5. The predicted octanol–water partition coefficient (Wildman–Crippen LogP) is 0.949. The quantitative estimate of drug-likeness (QED) is 0.424. The van der Waals surface area contributed by atoms with E-state index in [9.17, 15) is 4.79 Å². The molecule has 0 aliphatic carbocycles. The van der Waals surface area contributed by atoms with E-state index in [-0.39, 0.29) is 5.56 Å². The van der Waals surface area contributed by atoms with Crippen molar-refractivity contribution in [1.29, 1.82) is 0 Å². The van der Waals surface area contributed by atoms with E-state index >= 15 is 0 Å². The summed E-state index contributed by atoms with van der Waals surface area (Å²) >= 11 is 1.24. The monoisotopic (exact) mass is 278 g/mol. The zero-order valence-corrected chi connectivity index (χ0v) is 11.2. The minimum atomic E-state index is -0.165. The van der Waals surface area contributed by atoms with Crippen LogP contribution in [0.4, 0.5) is 5.82 Å². The summed E-state index contributed by atoms with van der Waals surface area (Å²) in [6.07, 6.45) is 4.80. The molecule has 0 radical (unpaired) electrons. The highest BCUT2D eigenvalue weighted by Gasteiger charge is 2.05. The number of nitrogen functional groups attached to an aromatic ring is 1. The molecule has 100 valence electrons. The zero-order chi connectivity index (χ0) is 13.7. The van der Waals surface area contributed by atoms with E-state index in [1.165, 1.54) is 24.0 Å². The molecule has 7 nitrogen and oxygen atoms in total. The molecular weight excluding hydrogens is 264 g/mol. The summed E-state index contributed by atoms with van der Waals surface area (Å²) in [4.78, 5) is 26.7. The Morgan fingerprint density at radius 3 is 3.00 bits per heavy atom. The molecule has 0 bridgehead atoms. The van der Waals surface area contributed by atoms with Crippen LogP contribution in [0.25, 0.3) is 0 Å². The number of nitrogens with two attached hydrogens (primary N) is 1. The molecule has 4 N–H and O–H groups in total. The molecule has 2 rings (SSSR count). The normalized spacial score (nSPS) is 10.4.